The highest BCUT2D eigenvalue weighted by Gasteiger charge is 2.27. The zero-order valence-electron chi connectivity index (χ0n) is 12.8. The van der Waals surface area contributed by atoms with Gasteiger partial charge < -0.3 is 10.5 Å². The Bertz CT molecular complexity index is 661. The average Bonchev–Trinajstić information content (AvgIpc) is 2.45. The van der Waals surface area contributed by atoms with Crippen LogP contribution in [-0.2, 0) is 5.41 Å². The summed E-state index contributed by atoms with van der Waals surface area (Å²) in [6.45, 7) is 7.09. The maximum absolute atomic E-state index is 6.00. The Balaban J connectivity index is 2.08. The molecular formula is C17H21N3O. The van der Waals surface area contributed by atoms with Gasteiger partial charge in [-0.25, -0.2) is 9.97 Å². The molecule has 1 aromatic heterocycles. The van der Waals surface area contributed by atoms with Crippen LogP contribution in [-0.4, -0.2) is 16.6 Å². The van der Waals surface area contributed by atoms with Crippen molar-refractivity contribution < 1.29 is 4.74 Å². The molecule has 0 saturated carbocycles. The molecule has 1 aliphatic heterocycles. The van der Waals surface area contributed by atoms with E-state index >= 15 is 0 Å². The van der Waals surface area contributed by atoms with E-state index in [2.05, 4.69) is 31.8 Å². The van der Waals surface area contributed by atoms with Gasteiger partial charge in [-0.15, -0.1) is 0 Å². The normalized spacial score (nSPS) is 18.0. The Kier molecular flexibility index (Phi) is 3.32. The number of ether oxygens (including phenoxy) is 1. The van der Waals surface area contributed by atoms with E-state index in [-0.39, 0.29) is 11.3 Å². The summed E-state index contributed by atoms with van der Waals surface area (Å²) in [5.41, 5.74) is 8.08. The second kappa shape index (κ2) is 5.02. The molecule has 3 rings (SSSR count). The van der Waals surface area contributed by atoms with E-state index in [1.165, 1.54) is 0 Å². The lowest BCUT2D eigenvalue weighted by Gasteiger charge is -2.26. The third-order valence-electron chi connectivity index (χ3n) is 3.80. The molecule has 0 spiro atoms. The Morgan fingerprint density at radius 3 is 2.71 bits per heavy atom. The number of nitrogens with two attached hydrogens (primary N) is 1. The van der Waals surface area contributed by atoms with Gasteiger partial charge in [-0.05, 0) is 12.5 Å². The van der Waals surface area contributed by atoms with Crippen LogP contribution in [0.1, 0.15) is 50.2 Å². The first-order valence-corrected chi connectivity index (χ1v) is 7.32. The molecule has 0 amide bonds. The molecule has 4 nitrogen and oxygen atoms in total. The Morgan fingerprint density at radius 2 is 1.95 bits per heavy atom. The highest BCUT2D eigenvalue weighted by atomic mass is 16.5. The second-order valence-electron chi connectivity index (χ2n) is 6.51. The van der Waals surface area contributed by atoms with E-state index in [9.17, 15) is 0 Å². The Hall–Kier alpha value is -2.10. The lowest BCUT2D eigenvalue weighted by molar-refractivity contribution is 0.274. The molecule has 2 heterocycles. The predicted octanol–water partition coefficient (Wildman–Crippen LogP) is 3.27. The van der Waals surface area contributed by atoms with E-state index in [0.29, 0.717) is 12.4 Å². The molecule has 0 aliphatic carbocycles. The minimum absolute atomic E-state index is 0.0451. The monoisotopic (exact) mass is 283 g/mol. The minimum atomic E-state index is -0.0451. The summed E-state index contributed by atoms with van der Waals surface area (Å²) >= 11 is 0. The van der Waals surface area contributed by atoms with Gasteiger partial charge in [-0.1, -0.05) is 39.0 Å². The Labute approximate surface area is 125 Å². The molecule has 2 aromatic rings. The van der Waals surface area contributed by atoms with Gasteiger partial charge in [-0.2, -0.15) is 0 Å². The number of para-hydroxylation sites is 1. The summed E-state index contributed by atoms with van der Waals surface area (Å²) in [7, 11) is 0. The second-order valence-corrected chi connectivity index (χ2v) is 6.51. The summed E-state index contributed by atoms with van der Waals surface area (Å²) in [4.78, 5) is 9.26. The summed E-state index contributed by atoms with van der Waals surface area (Å²) in [6.07, 6.45) is 0.879. The number of rotatable bonds is 1. The maximum Gasteiger partial charge on any atom is 0.138 e. The first-order valence-electron chi connectivity index (χ1n) is 7.32. The maximum atomic E-state index is 6.00. The molecule has 0 bridgehead atoms. The molecule has 110 valence electrons. The smallest absolute Gasteiger partial charge is 0.138 e. The molecule has 1 unspecified atom stereocenters. The molecular weight excluding hydrogens is 262 g/mol. The van der Waals surface area contributed by atoms with Crippen LogP contribution in [0, 0.1) is 0 Å². The fourth-order valence-electron chi connectivity index (χ4n) is 2.64. The molecule has 1 atom stereocenters. The van der Waals surface area contributed by atoms with Gasteiger partial charge in [0, 0.05) is 17.0 Å². The highest BCUT2D eigenvalue weighted by molar-refractivity contribution is 5.42. The molecule has 1 aromatic carbocycles. The van der Waals surface area contributed by atoms with Gasteiger partial charge in [0.2, 0.25) is 0 Å². The van der Waals surface area contributed by atoms with Crippen LogP contribution >= 0.6 is 0 Å². The number of benzene rings is 1. The summed E-state index contributed by atoms with van der Waals surface area (Å²) in [5, 5.41) is 0. The topological polar surface area (TPSA) is 61.0 Å². The van der Waals surface area contributed by atoms with Crippen LogP contribution < -0.4 is 10.5 Å². The molecule has 4 heteroatoms. The highest BCUT2D eigenvalue weighted by Crippen LogP contribution is 2.37. The number of fused-ring (bicyclic) bond motifs is 1. The van der Waals surface area contributed by atoms with Gasteiger partial charge in [0.25, 0.3) is 0 Å². The van der Waals surface area contributed by atoms with Crippen LogP contribution in [0.15, 0.2) is 30.3 Å². The van der Waals surface area contributed by atoms with Gasteiger partial charge >= 0.3 is 0 Å². The molecule has 2 N–H and O–H groups in total. The number of anilines is 1. The summed E-state index contributed by atoms with van der Waals surface area (Å²) < 4.78 is 5.72. The predicted molar refractivity (Wildman–Crippen MR) is 83.5 cm³/mol. The number of nitrogen functional groups attached to an aromatic ring is 1. The molecule has 0 radical (unpaired) electrons. The van der Waals surface area contributed by atoms with E-state index in [1.807, 2.05) is 24.3 Å². The quantitative estimate of drug-likeness (QED) is 0.872. The van der Waals surface area contributed by atoms with Crippen molar-refractivity contribution in [3.63, 3.8) is 0 Å². The number of hydrogen-bond donors (Lipinski definition) is 1. The molecule has 21 heavy (non-hydrogen) atoms. The van der Waals surface area contributed by atoms with E-state index < -0.39 is 0 Å². The van der Waals surface area contributed by atoms with Crippen molar-refractivity contribution in [3.05, 3.63) is 47.4 Å². The molecule has 1 aliphatic rings. The van der Waals surface area contributed by atoms with Crippen LogP contribution in [0.3, 0.4) is 0 Å². The van der Waals surface area contributed by atoms with Crippen molar-refractivity contribution in [1.82, 2.24) is 9.97 Å². The average molecular weight is 283 g/mol. The largest absolute Gasteiger partial charge is 0.493 e. The van der Waals surface area contributed by atoms with Crippen molar-refractivity contribution in [2.75, 3.05) is 12.3 Å². The first kappa shape index (κ1) is 13.9. The number of aromatic nitrogens is 2. The lowest BCUT2D eigenvalue weighted by atomic mass is 9.89. The Morgan fingerprint density at radius 1 is 1.19 bits per heavy atom. The fraction of sp³-hybridized carbons (Fsp3) is 0.412. The van der Waals surface area contributed by atoms with Gasteiger partial charge in [0.15, 0.2) is 0 Å². The summed E-state index contributed by atoms with van der Waals surface area (Å²) in [6, 6.07) is 9.97. The van der Waals surface area contributed by atoms with Crippen molar-refractivity contribution in [2.45, 2.75) is 38.5 Å². The third kappa shape index (κ3) is 2.71. The number of nitrogens with zero attached hydrogens (tertiary/aromatic N) is 2. The van der Waals surface area contributed by atoms with Crippen molar-refractivity contribution in [2.24, 2.45) is 0 Å². The SMILES string of the molecule is CC(C)(C)c1cc(N)nc(C2CCOc3ccccc32)n1. The van der Waals surface area contributed by atoms with Gasteiger partial charge in [0.05, 0.1) is 18.2 Å². The van der Waals surface area contributed by atoms with Crippen LogP contribution in [0.25, 0.3) is 0 Å². The van der Waals surface area contributed by atoms with Crippen molar-refractivity contribution in [1.29, 1.82) is 0 Å². The van der Waals surface area contributed by atoms with E-state index in [4.69, 9.17) is 15.5 Å². The lowest BCUT2D eigenvalue weighted by Crippen LogP contribution is -2.21. The van der Waals surface area contributed by atoms with Crippen LogP contribution in [0.4, 0.5) is 5.82 Å². The zero-order valence-corrected chi connectivity index (χ0v) is 12.8. The van der Waals surface area contributed by atoms with E-state index in [0.717, 1.165) is 29.3 Å². The molecule has 0 saturated heterocycles. The first-order chi connectivity index (χ1) is 9.95. The van der Waals surface area contributed by atoms with Crippen molar-refractivity contribution >= 4 is 5.82 Å². The van der Waals surface area contributed by atoms with E-state index in [1.54, 1.807) is 0 Å². The van der Waals surface area contributed by atoms with Crippen LogP contribution in [0.5, 0.6) is 5.75 Å². The zero-order chi connectivity index (χ0) is 15.0. The summed E-state index contributed by atoms with van der Waals surface area (Å²) in [5.74, 6) is 2.42. The van der Waals surface area contributed by atoms with Crippen molar-refractivity contribution in [3.8, 4) is 5.75 Å². The standard InChI is InChI=1S/C17H21N3O/c1-17(2,3)14-10-15(18)20-16(19-14)12-8-9-21-13-7-5-4-6-11(12)13/h4-7,10,12H,8-9H2,1-3H3,(H2,18,19,20). The third-order valence-corrected chi connectivity index (χ3v) is 3.80. The van der Waals surface area contributed by atoms with Gasteiger partial charge in [0.1, 0.15) is 17.4 Å². The van der Waals surface area contributed by atoms with Gasteiger partial charge in [-0.3, -0.25) is 0 Å². The molecule has 0 fully saturated rings. The van der Waals surface area contributed by atoms with Crippen LogP contribution in [0.2, 0.25) is 0 Å². The minimum Gasteiger partial charge on any atom is -0.493 e. The number of hydrogen-bond acceptors (Lipinski definition) is 4. The fourth-order valence-corrected chi connectivity index (χ4v) is 2.64.